The highest BCUT2D eigenvalue weighted by atomic mass is 32.2. The Hall–Kier alpha value is -0.660. The fraction of sp³-hybridized carbons (Fsp3) is 0.857. The van der Waals surface area contributed by atoms with Gasteiger partial charge in [-0.15, -0.1) is 5.10 Å². The summed E-state index contributed by atoms with van der Waals surface area (Å²) in [5.41, 5.74) is 5.40. The van der Waals surface area contributed by atoms with E-state index in [4.69, 9.17) is 10.8 Å². The fourth-order valence-electron chi connectivity index (χ4n) is 0.883. The molecule has 0 aliphatic heterocycles. The van der Waals surface area contributed by atoms with E-state index in [0.29, 0.717) is 13.1 Å². The van der Waals surface area contributed by atoms with Crippen LogP contribution in [0.25, 0.3) is 0 Å². The van der Waals surface area contributed by atoms with Crippen molar-refractivity contribution in [1.29, 1.82) is 0 Å². The molecule has 1 aromatic rings. The van der Waals surface area contributed by atoms with Crippen LogP contribution >= 0.6 is 11.8 Å². The van der Waals surface area contributed by atoms with Gasteiger partial charge >= 0.3 is 0 Å². The number of aliphatic hydroxyl groups is 1. The molecule has 0 saturated carbocycles. The molecule has 14 heavy (non-hydrogen) atoms. The van der Waals surface area contributed by atoms with E-state index in [1.807, 2.05) is 0 Å². The zero-order valence-electron chi connectivity index (χ0n) is 8.13. The van der Waals surface area contributed by atoms with E-state index >= 15 is 0 Å². The molecular formula is C7H15N5OS. The van der Waals surface area contributed by atoms with Gasteiger partial charge < -0.3 is 10.8 Å². The summed E-state index contributed by atoms with van der Waals surface area (Å²) in [5, 5.41) is 21.0. The van der Waals surface area contributed by atoms with Crippen LogP contribution < -0.4 is 5.73 Å². The molecule has 0 aliphatic carbocycles. The molecule has 0 aromatic carbocycles. The van der Waals surface area contributed by atoms with Gasteiger partial charge in [0.15, 0.2) is 0 Å². The van der Waals surface area contributed by atoms with Crippen molar-refractivity contribution in [3.8, 4) is 0 Å². The molecule has 1 atom stereocenters. The Morgan fingerprint density at radius 2 is 2.43 bits per heavy atom. The molecular weight excluding hydrogens is 202 g/mol. The first-order valence-corrected chi connectivity index (χ1v) is 5.49. The summed E-state index contributed by atoms with van der Waals surface area (Å²) in [4.78, 5) is 0. The van der Waals surface area contributed by atoms with Crippen molar-refractivity contribution in [1.82, 2.24) is 20.2 Å². The SMILES string of the molecule is CC(O)CCSc1nnnn1CCN. The normalized spacial score (nSPS) is 13.1. The molecule has 1 unspecified atom stereocenters. The van der Waals surface area contributed by atoms with Crippen LogP contribution in [0, 0.1) is 0 Å². The van der Waals surface area contributed by atoms with Gasteiger partial charge in [-0.2, -0.15) is 0 Å². The van der Waals surface area contributed by atoms with Crippen LogP contribution in [-0.4, -0.2) is 43.7 Å². The van der Waals surface area contributed by atoms with Crippen LogP contribution in [0.2, 0.25) is 0 Å². The van der Waals surface area contributed by atoms with E-state index in [1.54, 1.807) is 11.6 Å². The Kier molecular flexibility index (Phi) is 4.85. The lowest BCUT2D eigenvalue weighted by Gasteiger charge is -2.03. The third-order valence-corrected chi connectivity index (χ3v) is 2.60. The minimum Gasteiger partial charge on any atom is -0.393 e. The van der Waals surface area contributed by atoms with Crippen LogP contribution in [0.3, 0.4) is 0 Å². The lowest BCUT2D eigenvalue weighted by molar-refractivity contribution is 0.192. The van der Waals surface area contributed by atoms with E-state index in [0.717, 1.165) is 17.3 Å². The molecule has 0 saturated heterocycles. The fourth-order valence-corrected chi connectivity index (χ4v) is 1.90. The monoisotopic (exact) mass is 217 g/mol. The van der Waals surface area contributed by atoms with Crippen molar-refractivity contribution in [3.63, 3.8) is 0 Å². The molecule has 3 N–H and O–H groups in total. The predicted molar refractivity (Wildman–Crippen MR) is 53.9 cm³/mol. The van der Waals surface area contributed by atoms with Gasteiger partial charge in [-0.1, -0.05) is 11.8 Å². The van der Waals surface area contributed by atoms with Crippen molar-refractivity contribution in [3.05, 3.63) is 0 Å². The average Bonchev–Trinajstić information content (AvgIpc) is 2.53. The van der Waals surface area contributed by atoms with Crippen molar-refractivity contribution >= 4 is 11.8 Å². The lowest BCUT2D eigenvalue weighted by atomic mass is 10.3. The minimum absolute atomic E-state index is 0.277. The standard InChI is InChI=1S/C7H15N5OS/c1-6(13)2-5-14-7-9-10-11-12(7)4-3-8/h6,13H,2-5,8H2,1H3. The summed E-state index contributed by atoms with van der Waals surface area (Å²) in [7, 11) is 0. The summed E-state index contributed by atoms with van der Waals surface area (Å²) in [5.74, 6) is 0.808. The summed E-state index contributed by atoms with van der Waals surface area (Å²) in [6.07, 6.45) is 0.460. The molecule has 0 aliphatic rings. The second kappa shape index (κ2) is 5.94. The van der Waals surface area contributed by atoms with Gasteiger partial charge in [0.2, 0.25) is 5.16 Å². The lowest BCUT2D eigenvalue weighted by Crippen LogP contribution is -2.12. The van der Waals surface area contributed by atoms with Gasteiger partial charge in [-0.05, 0) is 23.8 Å². The number of hydrogen-bond acceptors (Lipinski definition) is 6. The summed E-state index contributed by atoms with van der Waals surface area (Å²) in [6.45, 7) is 2.92. The van der Waals surface area contributed by atoms with E-state index in [9.17, 15) is 0 Å². The summed E-state index contributed by atoms with van der Waals surface area (Å²) >= 11 is 1.53. The van der Waals surface area contributed by atoms with Crippen LogP contribution in [0.1, 0.15) is 13.3 Å². The number of rotatable bonds is 6. The zero-order chi connectivity index (χ0) is 10.4. The van der Waals surface area contributed by atoms with Crippen molar-refractivity contribution in [2.24, 2.45) is 5.73 Å². The quantitative estimate of drug-likeness (QED) is 0.624. The second-order valence-electron chi connectivity index (χ2n) is 2.96. The van der Waals surface area contributed by atoms with Crippen molar-refractivity contribution < 1.29 is 5.11 Å². The summed E-state index contributed by atoms with van der Waals surface area (Å²) < 4.78 is 1.67. The Balaban J connectivity index is 2.37. The molecule has 7 heteroatoms. The third-order valence-electron chi connectivity index (χ3n) is 1.61. The first kappa shape index (κ1) is 11.4. The van der Waals surface area contributed by atoms with Crippen LogP contribution in [0.4, 0.5) is 0 Å². The van der Waals surface area contributed by atoms with E-state index in [2.05, 4.69) is 15.5 Å². The molecule has 80 valence electrons. The molecule has 0 fully saturated rings. The van der Waals surface area contributed by atoms with Gasteiger partial charge in [-0.25, -0.2) is 4.68 Å². The van der Waals surface area contributed by atoms with Gasteiger partial charge in [-0.3, -0.25) is 0 Å². The first-order chi connectivity index (χ1) is 6.74. The number of hydrogen-bond donors (Lipinski definition) is 2. The molecule has 0 amide bonds. The predicted octanol–water partition coefficient (Wildman–Crippen LogP) is -0.505. The van der Waals surface area contributed by atoms with Gasteiger partial charge in [0, 0.05) is 12.3 Å². The first-order valence-electron chi connectivity index (χ1n) is 4.51. The Morgan fingerprint density at radius 3 is 3.07 bits per heavy atom. The average molecular weight is 217 g/mol. The summed E-state index contributed by atoms with van der Waals surface area (Å²) in [6, 6.07) is 0. The molecule has 6 nitrogen and oxygen atoms in total. The van der Waals surface area contributed by atoms with Crippen LogP contribution in [-0.2, 0) is 6.54 Å². The zero-order valence-corrected chi connectivity index (χ0v) is 8.94. The van der Waals surface area contributed by atoms with E-state index in [1.165, 1.54) is 11.8 Å². The number of nitrogens with two attached hydrogens (primary N) is 1. The van der Waals surface area contributed by atoms with Gasteiger partial charge in [0.25, 0.3) is 0 Å². The maximum absolute atomic E-state index is 9.06. The Labute approximate surface area is 86.9 Å². The molecule has 0 bridgehead atoms. The highest BCUT2D eigenvalue weighted by Gasteiger charge is 2.06. The Bertz CT molecular complexity index is 264. The second-order valence-corrected chi connectivity index (χ2v) is 4.02. The van der Waals surface area contributed by atoms with Crippen LogP contribution in [0.15, 0.2) is 5.16 Å². The molecule has 1 rings (SSSR count). The van der Waals surface area contributed by atoms with Crippen molar-refractivity contribution in [2.45, 2.75) is 31.1 Å². The topological polar surface area (TPSA) is 89.9 Å². The molecule has 1 aromatic heterocycles. The number of thioether (sulfide) groups is 1. The highest BCUT2D eigenvalue weighted by molar-refractivity contribution is 7.99. The maximum atomic E-state index is 9.06. The molecule has 0 spiro atoms. The Morgan fingerprint density at radius 1 is 1.64 bits per heavy atom. The minimum atomic E-state index is -0.277. The third kappa shape index (κ3) is 3.60. The molecule has 1 heterocycles. The van der Waals surface area contributed by atoms with Crippen LogP contribution in [0.5, 0.6) is 0 Å². The smallest absolute Gasteiger partial charge is 0.209 e. The van der Waals surface area contributed by atoms with Gasteiger partial charge in [0.05, 0.1) is 12.6 Å². The van der Waals surface area contributed by atoms with Gasteiger partial charge in [0.1, 0.15) is 0 Å². The number of nitrogens with zero attached hydrogens (tertiary/aromatic N) is 4. The van der Waals surface area contributed by atoms with E-state index in [-0.39, 0.29) is 6.10 Å². The highest BCUT2D eigenvalue weighted by Crippen LogP contribution is 2.14. The van der Waals surface area contributed by atoms with Crippen molar-refractivity contribution in [2.75, 3.05) is 12.3 Å². The number of aromatic nitrogens is 4. The number of tetrazole rings is 1. The molecule has 0 radical (unpaired) electrons. The largest absolute Gasteiger partial charge is 0.393 e. The van der Waals surface area contributed by atoms with E-state index < -0.39 is 0 Å². The number of aliphatic hydroxyl groups excluding tert-OH is 1. The maximum Gasteiger partial charge on any atom is 0.209 e.